The molecule has 0 spiro atoms. The van der Waals surface area contributed by atoms with Gasteiger partial charge in [-0.25, -0.2) is 0 Å². The van der Waals surface area contributed by atoms with Gasteiger partial charge in [0.1, 0.15) is 6.67 Å². The highest BCUT2D eigenvalue weighted by Crippen LogP contribution is 1.68. The van der Waals surface area contributed by atoms with Crippen molar-refractivity contribution in [2.24, 2.45) is 10.1 Å². The monoisotopic (exact) mass is 98.1 g/mol. The summed E-state index contributed by atoms with van der Waals surface area (Å²) in [5.74, 6) is 0. The van der Waals surface area contributed by atoms with Crippen LogP contribution in [0.25, 0.3) is 10.4 Å². The maximum atomic E-state index is 7.68. The highest BCUT2D eigenvalue weighted by Gasteiger charge is 1.61. The SMILES string of the molecule is C/C=N\CN=[N+]=[N-]. The minimum atomic E-state index is 0.215. The van der Waals surface area contributed by atoms with Crippen LogP contribution in [0.2, 0.25) is 0 Å². The Bertz CT molecular complexity index is 99.5. The Morgan fingerprint density at radius 3 is 3.00 bits per heavy atom. The lowest BCUT2D eigenvalue weighted by Crippen LogP contribution is -1.66. The summed E-state index contributed by atoms with van der Waals surface area (Å²) in [7, 11) is 0. The van der Waals surface area contributed by atoms with Crippen molar-refractivity contribution in [3.63, 3.8) is 0 Å². The van der Waals surface area contributed by atoms with Crippen molar-refractivity contribution < 1.29 is 0 Å². The number of hydrogen-bond donors (Lipinski definition) is 0. The lowest BCUT2D eigenvalue weighted by atomic mass is 10.9. The van der Waals surface area contributed by atoms with Gasteiger partial charge in [0.25, 0.3) is 0 Å². The van der Waals surface area contributed by atoms with Crippen molar-refractivity contribution in [3.8, 4) is 0 Å². The molecule has 0 radical (unpaired) electrons. The second kappa shape index (κ2) is 4.98. The Kier molecular flexibility index (Phi) is 4.25. The predicted octanol–water partition coefficient (Wildman–Crippen LogP) is 1.34. The number of nitrogens with zero attached hydrogens (tertiary/aromatic N) is 4. The Morgan fingerprint density at radius 1 is 1.86 bits per heavy atom. The molecule has 0 aromatic heterocycles. The molecule has 0 unspecified atom stereocenters. The molecule has 0 aromatic rings. The van der Waals surface area contributed by atoms with Gasteiger partial charge >= 0.3 is 0 Å². The van der Waals surface area contributed by atoms with E-state index < -0.39 is 0 Å². The van der Waals surface area contributed by atoms with Crippen molar-refractivity contribution in [2.45, 2.75) is 6.92 Å². The third-order valence-corrected chi connectivity index (χ3v) is 0.391. The smallest absolute Gasteiger partial charge is 0.117 e. The second-order valence-corrected chi connectivity index (χ2v) is 0.813. The molecule has 0 bridgehead atoms. The van der Waals surface area contributed by atoms with E-state index in [-0.39, 0.29) is 6.67 Å². The molecular formula is C3H6N4. The van der Waals surface area contributed by atoms with Crippen molar-refractivity contribution in [3.05, 3.63) is 10.4 Å². The van der Waals surface area contributed by atoms with Crippen LogP contribution in [-0.2, 0) is 0 Å². The van der Waals surface area contributed by atoms with Crippen molar-refractivity contribution in [1.82, 2.24) is 0 Å². The molecule has 0 saturated heterocycles. The molecule has 0 aliphatic carbocycles. The maximum Gasteiger partial charge on any atom is 0.117 e. The Morgan fingerprint density at radius 2 is 2.57 bits per heavy atom. The van der Waals surface area contributed by atoms with Gasteiger partial charge in [-0.3, -0.25) is 4.99 Å². The number of azide groups is 1. The molecule has 7 heavy (non-hydrogen) atoms. The first-order valence-electron chi connectivity index (χ1n) is 1.87. The number of aliphatic imine (C=N–C) groups is 1. The summed E-state index contributed by atoms with van der Waals surface area (Å²) in [4.78, 5) is 6.10. The van der Waals surface area contributed by atoms with E-state index in [2.05, 4.69) is 15.0 Å². The largest absolute Gasteiger partial charge is 0.292 e. The van der Waals surface area contributed by atoms with E-state index in [0.29, 0.717) is 0 Å². The third-order valence-electron chi connectivity index (χ3n) is 0.391. The molecule has 0 atom stereocenters. The quantitative estimate of drug-likeness (QED) is 0.216. The van der Waals surface area contributed by atoms with Gasteiger partial charge in [0.15, 0.2) is 0 Å². The summed E-state index contributed by atoms with van der Waals surface area (Å²) in [6, 6.07) is 0. The fraction of sp³-hybridized carbons (Fsp3) is 0.667. The first-order chi connectivity index (χ1) is 3.41. The van der Waals surface area contributed by atoms with E-state index >= 15 is 0 Å². The summed E-state index contributed by atoms with van der Waals surface area (Å²) in [6.07, 6.45) is 1.59. The summed E-state index contributed by atoms with van der Waals surface area (Å²) in [6.45, 7) is 1.99. The molecule has 0 amide bonds. The van der Waals surface area contributed by atoms with Gasteiger partial charge in [0.05, 0.1) is 0 Å². The molecule has 0 rings (SSSR count). The van der Waals surface area contributed by atoms with Crippen LogP contribution in [-0.4, -0.2) is 12.9 Å². The van der Waals surface area contributed by atoms with Gasteiger partial charge in [-0.2, -0.15) is 0 Å². The highest BCUT2D eigenvalue weighted by molar-refractivity contribution is 5.52. The average molecular weight is 98.1 g/mol. The zero-order chi connectivity index (χ0) is 5.54. The van der Waals surface area contributed by atoms with Crippen LogP contribution in [0.1, 0.15) is 6.92 Å². The van der Waals surface area contributed by atoms with Crippen LogP contribution >= 0.6 is 0 Å². The first kappa shape index (κ1) is 5.98. The summed E-state index contributed by atoms with van der Waals surface area (Å²) in [5, 5.41) is 3.14. The van der Waals surface area contributed by atoms with Crippen LogP contribution in [0.5, 0.6) is 0 Å². The lowest BCUT2D eigenvalue weighted by molar-refractivity contribution is 1.05. The van der Waals surface area contributed by atoms with Crippen molar-refractivity contribution >= 4 is 6.21 Å². The topological polar surface area (TPSA) is 61.1 Å². The predicted molar refractivity (Wildman–Crippen MR) is 28.2 cm³/mol. The van der Waals surface area contributed by atoms with Gasteiger partial charge in [-0.05, 0) is 18.7 Å². The van der Waals surface area contributed by atoms with E-state index in [9.17, 15) is 0 Å². The van der Waals surface area contributed by atoms with Crippen LogP contribution in [0.15, 0.2) is 10.1 Å². The Hall–Kier alpha value is -1.02. The van der Waals surface area contributed by atoms with Gasteiger partial charge < -0.3 is 0 Å². The minimum absolute atomic E-state index is 0.215. The lowest BCUT2D eigenvalue weighted by Gasteiger charge is -1.70. The van der Waals surface area contributed by atoms with Gasteiger partial charge in [0.2, 0.25) is 0 Å². The highest BCUT2D eigenvalue weighted by atomic mass is 15.2. The second-order valence-electron chi connectivity index (χ2n) is 0.813. The fourth-order valence-corrected chi connectivity index (χ4v) is 0.146. The number of hydrogen-bond acceptors (Lipinski definition) is 2. The zero-order valence-electron chi connectivity index (χ0n) is 4.07. The third kappa shape index (κ3) is 4.98. The normalized spacial score (nSPS) is 8.71. The van der Waals surface area contributed by atoms with E-state index in [4.69, 9.17) is 5.53 Å². The molecule has 0 saturated carbocycles. The Labute approximate surface area is 41.5 Å². The van der Waals surface area contributed by atoms with Crippen molar-refractivity contribution in [2.75, 3.05) is 6.67 Å². The van der Waals surface area contributed by atoms with Gasteiger partial charge in [0, 0.05) is 4.91 Å². The van der Waals surface area contributed by atoms with Gasteiger partial charge in [-0.15, -0.1) is 0 Å². The van der Waals surface area contributed by atoms with E-state index in [1.54, 1.807) is 13.1 Å². The molecule has 4 heteroatoms. The Balaban J connectivity index is 3.15. The zero-order valence-corrected chi connectivity index (χ0v) is 4.07. The first-order valence-corrected chi connectivity index (χ1v) is 1.87. The van der Waals surface area contributed by atoms with Crippen LogP contribution < -0.4 is 0 Å². The van der Waals surface area contributed by atoms with E-state index in [1.165, 1.54) is 0 Å². The van der Waals surface area contributed by atoms with E-state index in [1.807, 2.05) is 0 Å². The average Bonchev–Trinajstić information content (AvgIpc) is 1.69. The summed E-state index contributed by atoms with van der Waals surface area (Å²) in [5.41, 5.74) is 7.68. The molecule has 4 nitrogen and oxygen atoms in total. The molecule has 0 heterocycles. The molecule has 38 valence electrons. The molecular weight excluding hydrogens is 92.1 g/mol. The van der Waals surface area contributed by atoms with Gasteiger partial charge in [-0.1, -0.05) is 5.11 Å². The summed E-state index contributed by atoms with van der Waals surface area (Å²) < 4.78 is 0. The molecule has 0 aliphatic rings. The van der Waals surface area contributed by atoms with Crippen LogP contribution in [0.3, 0.4) is 0 Å². The number of rotatable bonds is 2. The molecule has 0 fully saturated rings. The standard InChI is InChI=1S/C3H6N4/c1-2-5-3-6-7-4/h2H,3H2,1H3/b5-2-. The van der Waals surface area contributed by atoms with Crippen molar-refractivity contribution in [1.29, 1.82) is 0 Å². The fourth-order valence-electron chi connectivity index (χ4n) is 0.146. The van der Waals surface area contributed by atoms with Crippen LogP contribution in [0, 0.1) is 0 Å². The summed E-state index contributed by atoms with van der Waals surface area (Å²) >= 11 is 0. The molecule has 0 aliphatic heterocycles. The minimum Gasteiger partial charge on any atom is -0.292 e. The molecule has 0 aromatic carbocycles. The maximum absolute atomic E-state index is 7.68. The molecule has 0 N–H and O–H groups in total. The van der Waals surface area contributed by atoms with E-state index in [0.717, 1.165) is 0 Å². The van der Waals surface area contributed by atoms with Crippen LogP contribution in [0.4, 0.5) is 0 Å².